The van der Waals surface area contributed by atoms with E-state index in [1.807, 2.05) is 11.8 Å². The Balaban J connectivity index is 1.99. The Morgan fingerprint density at radius 1 is 1.28 bits per heavy atom. The molecular weight excluding hydrogens is 378 g/mol. The molecule has 4 amide bonds. The van der Waals surface area contributed by atoms with Gasteiger partial charge in [-0.1, -0.05) is 0 Å². The summed E-state index contributed by atoms with van der Waals surface area (Å²) in [5.74, 6) is -1.20. The molecule has 4 heterocycles. The van der Waals surface area contributed by atoms with Gasteiger partial charge in [-0.05, 0) is 27.7 Å². The number of imide groups is 2. The van der Waals surface area contributed by atoms with Gasteiger partial charge in [-0.3, -0.25) is 20.2 Å². The Morgan fingerprint density at radius 3 is 2.48 bits per heavy atom. The van der Waals surface area contributed by atoms with Crippen LogP contribution in [0.1, 0.15) is 37.7 Å². The van der Waals surface area contributed by atoms with Gasteiger partial charge in [0.1, 0.15) is 0 Å². The number of rotatable bonds is 1. The summed E-state index contributed by atoms with van der Waals surface area (Å²) in [6.07, 6.45) is -0.689. The maximum absolute atomic E-state index is 13.1. The molecule has 0 bridgehead atoms. The zero-order chi connectivity index (χ0) is 21.2. The Labute approximate surface area is 167 Å². The smallest absolute Gasteiger partial charge is 0.328 e. The van der Waals surface area contributed by atoms with Crippen LogP contribution in [-0.2, 0) is 20.7 Å². The summed E-state index contributed by atoms with van der Waals surface area (Å²) in [5.41, 5.74) is 0.569. The van der Waals surface area contributed by atoms with E-state index in [-0.39, 0.29) is 29.7 Å². The molecule has 2 saturated heterocycles. The number of morpholine rings is 1. The van der Waals surface area contributed by atoms with Crippen molar-refractivity contribution in [3.05, 3.63) is 17.0 Å². The topological polar surface area (TPSA) is 147 Å². The minimum Gasteiger partial charge on any atom is -0.592 e. The van der Waals surface area contributed by atoms with Crippen molar-refractivity contribution in [1.29, 1.82) is 5.41 Å². The number of urea groups is 1. The third-order valence-electron chi connectivity index (χ3n) is 6.03. The van der Waals surface area contributed by atoms with Gasteiger partial charge < -0.3 is 20.2 Å². The lowest BCUT2D eigenvalue weighted by Crippen LogP contribution is -2.75. The fraction of sp³-hybridized carbons (Fsp3) is 0.526. The molecule has 10 heteroatoms. The van der Waals surface area contributed by atoms with Gasteiger partial charge in [0.2, 0.25) is 11.8 Å². The van der Waals surface area contributed by atoms with E-state index in [0.29, 0.717) is 23.5 Å². The summed E-state index contributed by atoms with van der Waals surface area (Å²) in [6.45, 7) is 7.45. The highest BCUT2D eigenvalue weighted by Crippen LogP contribution is 2.48. The van der Waals surface area contributed by atoms with Crippen LogP contribution >= 0.6 is 0 Å². The molecule has 1 aromatic rings. The lowest BCUT2D eigenvalue weighted by molar-refractivity contribution is -0.153. The van der Waals surface area contributed by atoms with Gasteiger partial charge in [0.05, 0.1) is 40.9 Å². The van der Waals surface area contributed by atoms with E-state index in [9.17, 15) is 14.4 Å². The third kappa shape index (κ3) is 2.55. The number of nitrogens with one attached hydrogen (secondary N) is 3. The molecule has 1 aromatic heterocycles. The van der Waals surface area contributed by atoms with Crippen LogP contribution in [0.2, 0.25) is 0 Å². The largest absolute Gasteiger partial charge is 0.592 e. The average molecular weight is 402 g/mol. The number of hydrogen-bond donors (Lipinski definition) is 3. The van der Waals surface area contributed by atoms with Crippen molar-refractivity contribution < 1.29 is 24.2 Å². The highest BCUT2D eigenvalue weighted by molar-refractivity contribution is 6.20. The second-order valence-corrected chi connectivity index (χ2v) is 8.02. The third-order valence-corrected chi connectivity index (χ3v) is 6.03. The number of fused-ring (bicyclic) bond motifs is 4. The van der Waals surface area contributed by atoms with Crippen LogP contribution in [0, 0.1) is 17.7 Å². The number of carbonyl (C=O) groups excluding carboxylic acids is 3. The Kier molecular flexibility index (Phi) is 4.16. The van der Waals surface area contributed by atoms with Crippen LogP contribution in [0.25, 0.3) is 0 Å². The van der Waals surface area contributed by atoms with Gasteiger partial charge in [0.25, 0.3) is 5.75 Å². The quantitative estimate of drug-likeness (QED) is 0.345. The van der Waals surface area contributed by atoms with Gasteiger partial charge in [-0.25, -0.2) is 9.78 Å². The van der Waals surface area contributed by atoms with Crippen LogP contribution in [0.4, 0.5) is 10.5 Å². The highest BCUT2D eigenvalue weighted by Gasteiger charge is 2.63. The first-order valence-electron chi connectivity index (χ1n) is 9.47. The molecule has 1 spiro atoms. The molecular formula is C19H24N5O5+. The van der Waals surface area contributed by atoms with E-state index in [2.05, 4.69) is 15.6 Å². The number of amides is 4. The molecule has 0 radical (unpaired) electrons. The SMILES string of the molecule is CC(=N)c1nc2c(c(C)c1[OH2+])N1C[C@@H](C)O[C@@H](C)[C@@H]1C1(C2)C(=O)NC(=O)NC1=O. The van der Waals surface area contributed by atoms with Crippen LogP contribution < -0.4 is 15.5 Å². The van der Waals surface area contributed by atoms with Gasteiger partial charge in [0.15, 0.2) is 11.1 Å². The molecule has 10 nitrogen and oxygen atoms in total. The molecule has 3 atom stereocenters. The van der Waals surface area contributed by atoms with E-state index in [1.54, 1.807) is 20.8 Å². The predicted octanol–water partition coefficient (Wildman–Crippen LogP) is 0.106. The molecule has 5 N–H and O–H groups in total. The normalized spacial score (nSPS) is 27.8. The maximum Gasteiger partial charge on any atom is 0.328 e. The summed E-state index contributed by atoms with van der Waals surface area (Å²) in [7, 11) is 0. The molecule has 3 aliphatic heterocycles. The maximum atomic E-state index is 13.1. The fourth-order valence-electron chi connectivity index (χ4n) is 4.92. The van der Waals surface area contributed by atoms with Crippen molar-refractivity contribution in [3.8, 4) is 5.75 Å². The van der Waals surface area contributed by atoms with Crippen molar-refractivity contribution in [2.75, 3.05) is 11.4 Å². The van der Waals surface area contributed by atoms with Crippen LogP contribution in [0.5, 0.6) is 5.75 Å². The van der Waals surface area contributed by atoms with Crippen molar-refractivity contribution in [3.63, 3.8) is 0 Å². The first-order chi connectivity index (χ1) is 13.6. The van der Waals surface area contributed by atoms with Crippen molar-refractivity contribution in [2.45, 2.75) is 52.4 Å². The summed E-state index contributed by atoms with van der Waals surface area (Å²) >= 11 is 0. The number of barbiturate groups is 1. The molecule has 4 rings (SSSR count). The van der Waals surface area contributed by atoms with Crippen molar-refractivity contribution in [1.82, 2.24) is 15.6 Å². The van der Waals surface area contributed by atoms with E-state index in [4.69, 9.17) is 15.3 Å². The minimum atomic E-state index is -1.60. The molecule has 2 fully saturated rings. The first kappa shape index (κ1) is 19.3. The Hall–Kier alpha value is -3.01. The van der Waals surface area contributed by atoms with E-state index >= 15 is 0 Å². The summed E-state index contributed by atoms with van der Waals surface area (Å²) in [4.78, 5) is 44.3. The van der Waals surface area contributed by atoms with Crippen molar-refractivity contribution >= 4 is 29.2 Å². The molecule has 0 unspecified atom stereocenters. The molecule has 0 saturated carbocycles. The average Bonchev–Trinajstić information content (AvgIpc) is 2.61. The fourth-order valence-corrected chi connectivity index (χ4v) is 4.92. The number of pyridine rings is 1. The zero-order valence-electron chi connectivity index (χ0n) is 16.7. The van der Waals surface area contributed by atoms with E-state index in [0.717, 1.165) is 0 Å². The number of anilines is 1. The summed E-state index contributed by atoms with van der Waals surface area (Å²) < 4.78 is 5.97. The molecule has 0 aromatic carbocycles. The van der Waals surface area contributed by atoms with Gasteiger partial charge in [-0.15, -0.1) is 0 Å². The second-order valence-electron chi connectivity index (χ2n) is 8.02. The molecule has 3 aliphatic rings. The number of nitrogens with zero attached hydrogens (tertiary/aromatic N) is 2. The van der Waals surface area contributed by atoms with Crippen LogP contribution in [0.15, 0.2) is 0 Å². The summed E-state index contributed by atoms with van der Waals surface area (Å²) in [6, 6.07) is -1.51. The second kappa shape index (κ2) is 6.24. The molecule has 154 valence electrons. The van der Waals surface area contributed by atoms with Crippen LogP contribution in [0.3, 0.4) is 0 Å². The predicted molar refractivity (Wildman–Crippen MR) is 103 cm³/mol. The molecule has 29 heavy (non-hydrogen) atoms. The van der Waals surface area contributed by atoms with Crippen LogP contribution in [-0.4, -0.2) is 58.4 Å². The Morgan fingerprint density at radius 2 is 1.90 bits per heavy atom. The van der Waals surface area contributed by atoms with Gasteiger partial charge in [0, 0.05) is 13.0 Å². The number of carbonyl (C=O) groups is 3. The lowest BCUT2D eigenvalue weighted by Gasteiger charge is -2.55. The van der Waals surface area contributed by atoms with E-state index < -0.39 is 35.4 Å². The summed E-state index contributed by atoms with van der Waals surface area (Å²) in [5, 5.41) is 20.9. The molecule has 0 aliphatic carbocycles. The first-order valence-corrected chi connectivity index (χ1v) is 9.47. The number of aromatic nitrogens is 1. The van der Waals surface area contributed by atoms with Gasteiger partial charge in [-0.2, -0.15) is 0 Å². The monoisotopic (exact) mass is 402 g/mol. The number of ether oxygens (including phenoxy) is 1. The standard InChI is InChI=1S/C19H23N5O5/c1-7-6-24-13-8(2)14(25)12(9(3)20)21-11(13)5-19(15(24)10(4)29-7)16(26)22-18(28)23-17(19)27/h7,10,15,20,25H,5-6H2,1-4H3,(H2,22,23,26,27,28)/p+1/t7-,10+,15-/m1/s1. The van der Waals surface area contributed by atoms with E-state index in [1.165, 1.54) is 0 Å². The minimum absolute atomic E-state index is 0.0437. The lowest BCUT2D eigenvalue weighted by atomic mass is 9.67. The van der Waals surface area contributed by atoms with Crippen molar-refractivity contribution in [2.24, 2.45) is 5.41 Å². The highest BCUT2D eigenvalue weighted by atomic mass is 16.5. The Bertz CT molecular complexity index is 954. The van der Waals surface area contributed by atoms with Gasteiger partial charge >= 0.3 is 6.03 Å². The zero-order valence-corrected chi connectivity index (χ0v) is 16.7. The number of hydrogen-bond acceptors (Lipinski definition) is 7.